The lowest BCUT2D eigenvalue weighted by Gasteiger charge is -2.11. The van der Waals surface area contributed by atoms with E-state index >= 15 is 0 Å². The first kappa shape index (κ1) is 11.5. The molecule has 70 valence electrons. The van der Waals surface area contributed by atoms with E-state index in [0.29, 0.717) is 12.6 Å². The van der Waals surface area contributed by atoms with Gasteiger partial charge in [0.25, 0.3) is 0 Å². The predicted octanol–water partition coefficient (Wildman–Crippen LogP) is -0.716. The number of hydrogen-bond acceptors (Lipinski definition) is 3. The van der Waals surface area contributed by atoms with Crippen molar-refractivity contribution in [2.24, 2.45) is 5.73 Å². The molecule has 1 amide bonds. The van der Waals surface area contributed by atoms with E-state index in [9.17, 15) is 9.59 Å². The van der Waals surface area contributed by atoms with Crippen molar-refractivity contribution in [2.45, 2.75) is 18.9 Å². The number of carbonyl (C=O) groups excluding carboxylic acids is 2. The maximum Gasteiger partial charge on any atom is 0.217 e. The van der Waals surface area contributed by atoms with Crippen LogP contribution in [0.5, 0.6) is 0 Å². The van der Waals surface area contributed by atoms with Gasteiger partial charge in [-0.15, -0.1) is 9.24 Å². The molecule has 12 heavy (non-hydrogen) atoms. The highest BCUT2D eigenvalue weighted by atomic mass is 31.0. The molecule has 0 fully saturated rings. The number of nitrogens with one attached hydrogen (secondary N) is 1. The third-order valence-electron chi connectivity index (χ3n) is 1.62. The number of hydrogen-bond donors (Lipinski definition) is 2. The van der Waals surface area contributed by atoms with Crippen LogP contribution in [0.25, 0.3) is 0 Å². The van der Waals surface area contributed by atoms with Gasteiger partial charge in [0.1, 0.15) is 0 Å². The monoisotopic (exact) mass is 190 g/mol. The van der Waals surface area contributed by atoms with Crippen molar-refractivity contribution in [1.29, 1.82) is 0 Å². The molecule has 0 saturated carbocycles. The Labute approximate surface area is 74.5 Å². The van der Waals surface area contributed by atoms with Crippen molar-refractivity contribution in [1.82, 2.24) is 5.32 Å². The third-order valence-corrected chi connectivity index (χ3v) is 2.02. The molecule has 5 heteroatoms. The average molecular weight is 190 g/mol. The summed E-state index contributed by atoms with van der Waals surface area (Å²) in [4.78, 5) is 21.5. The maximum atomic E-state index is 11.1. The fourth-order valence-corrected chi connectivity index (χ4v) is 1.18. The van der Waals surface area contributed by atoms with Crippen LogP contribution in [0.15, 0.2) is 0 Å². The fourth-order valence-electron chi connectivity index (χ4n) is 0.895. The summed E-state index contributed by atoms with van der Waals surface area (Å²) in [5.74, 6) is -0.282. The Balaban J connectivity index is 3.83. The van der Waals surface area contributed by atoms with Crippen LogP contribution in [-0.4, -0.2) is 30.9 Å². The second kappa shape index (κ2) is 6.09. The van der Waals surface area contributed by atoms with Gasteiger partial charge in [-0.2, -0.15) is 0 Å². The summed E-state index contributed by atoms with van der Waals surface area (Å²) < 4.78 is 0. The summed E-state index contributed by atoms with van der Waals surface area (Å²) in [6.45, 7) is 0. The molecule has 0 aromatic carbocycles. The van der Waals surface area contributed by atoms with Crippen molar-refractivity contribution in [2.75, 3.05) is 13.2 Å². The van der Waals surface area contributed by atoms with Gasteiger partial charge in [0.15, 0.2) is 5.78 Å². The molecular formula is C7H15N2O2P. The number of primary amides is 1. The molecule has 0 radical (unpaired) electrons. The standard InChI is InChI=1S/C7H15N2O2P/c1-9-5(6(10)4-12)2-3-7(8)11/h5,9H,2-4,12H2,1H3,(H2,8,11)/t5-/m0/s1. The maximum absolute atomic E-state index is 11.1. The van der Waals surface area contributed by atoms with Crippen molar-refractivity contribution in [3.05, 3.63) is 0 Å². The summed E-state index contributed by atoms with van der Waals surface area (Å²) in [7, 11) is 4.06. The second-order valence-electron chi connectivity index (χ2n) is 2.52. The van der Waals surface area contributed by atoms with Crippen molar-refractivity contribution < 1.29 is 9.59 Å². The van der Waals surface area contributed by atoms with Crippen molar-refractivity contribution in [3.63, 3.8) is 0 Å². The quantitative estimate of drug-likeness (QED) is 0.543. The van der Waals surface area contributed by atoms with Crippen molar-refractivity contribution >= 4 is 20.9 Å². The van der Waals surface area contributed by atoms with E-state index in [4.69, 9.17) is 5.73 Å². The summed E-state index contributed by atoms with van der Waals surface area (Å²) in [6.07, 6.45) is 1.14. The Morgan fingerprint density at radius 2 is 2.17 bits per heavy atom. The van der Waals surface area contributed by atoms with Gasteiger partial charge >= 0.3 is 0 Å². The lowest BCUT2D eigenvalue weighted by Crippen LogP contribution is -2.35. The molecule has 0 aromatic heterocycles. The van der Waals surface area contributed by atoms with Crippen LogP contribution in [-0.2, 0) is 9.59 Å². The zero-order valence-corrected chi connectivity index (χ0v) is 8.32. The Kier molecular flexibility index (Phi) is 5.85. The van der Waals surface area contributed by atoms with Gasteiger partial charge < -0.3 is 11.1 Å². The predicted molar refractivity (Wildman–Crippen MR) is 50.9 cm³/mol. The van der Waals surface area contributed by atoms with E-state index in [1.165, 1.54) is 0 Å². The molecule has 0 aliphatic carbocycles. The molecule has 4 nitrogen and oxygen atoms in total. The molecule has 1 unspecified atom stereocenters. The van der Waals surface area contributed by atoms with Crippen LogP contribution in [0.1, 0.15) is 12.8 Å². The van der Waals surface area contributed by atoms with Gasteiger partial charge in [-0.05, 0) is 13.5 Å². The number of rotatable bonds is 6. The molecule has 0 rings (SSSR count). The summed E-state index contributed by atoms with van der Waals surface area (Å²) in [5, 5.41) is 2.84. The molecule has 0 spiro atoms. The summed E-state index contributed by atoms with van der Waals surface area (Å²) >= 11 is 0. The molecule has 2 atom stereocenters. The number of Topliss-reactive ketones (excluding diaryl/α,β-unsaturated/α-hetero) is 1. The van der Waals surface area contributed by atoms with Crippen LogP contribution >= 0.6 is 9.24 Å². The van der Waals surface area contributed by atoms with E-state index in [1.807, 2.05) is 0 Å². The third kappa shape index (κ3) is 4.42. The van der Waals surface area contributed by atoms with Gasteiger partial charge in [0, 0.05) is 12.6 Å². The average Bonchev–Trinajstić information content (AvgIpc) is 2.04. The molecule has 0 aliphatic rings. The summed E-state index contributed by atoms with van der Waals surface area (Å²) in [6, 6.07) is -0.241. The molecule has 0 saturated heterocycles. The van der Waals surface area contributed by atoms with E-state index in [0.717, 1.165) is 0 Å². The zero-order chi connectivity index (χ0) is 9.56. The lowest BCUT2D eigenvalue weighted by atomic mass is 10.1. The lowest BCUT2D eigenvalue weighted by molar-refractivity contribution is -0.119. The van der Waals surface area contributed by atoms with Gasteiger partial charge in [-0.25, -0.2) is 0 Å². The minimum Gasteiger partial charge on any atom is -0.370 e. The molecule has 3 N–H and O–H groups in total. The number of ketones is 1. The minimum atomic E-state index is -0.369. The Bertz CT molecular complexity index is 173. The molecular weight excluding hydrogens is 175 g/mol. The molecule has 0 heterocycles. The second-order valence-corrected chi connectivity index (χ2v) is 2.92. The number of carbonyl (C=O) groups is 2. The Morgan fingerprint density at radius 3 is 2.50 bits per heavy atom. The first-order valence-electron chi connectivity index (χ1n) is 3.80. The van der Waals surface area contributed by atoms with Crippen molar-refractivity contribution in [3.8, 4) is 0 Å². The highest BCUT2D eigenvalue weighted by molar-refractivity contribution is 7.18. The fraction of sp³-hybridized carbons (Fsp3) is 0.714. The zero-order valence-electron chi connectivity index (χ0n) is 7.17. The van der Waals surface area contributed by atoms with E-state index in [1.54, 1.807) is 7.05 Å². The van der Waals surface area contributed by atoms with Crippen LogP contribution in [0.4, 0.5) is 0 Å². The first-order valence-corrected chi connectivity index (χ1v) is 4.61. The Morgan fingerprint density at radius 1 is 1.58 bits per heavy atom. The SMILES string of the molecule is CN[C@@H](CCC(N)=O)C(=O)CP. The van der Waals surface area contributed by atoms with Crippen LogP contribution in [0.2, 0.25) is 0 Å². The number of amides is 1. The first-order chi connectivity index (χ1) is 5.61. The van der Waals surface area contributed by atoms with Gasteiger partial charge in [-0.1, -0.05) is 0 Å². The van der Waals surface area contributed by atoms with Gasteiger partial charge in [0.2, 0.25) is 5.91 Å². The topological polar surface area (TPSA) is 72.2 Å². The van der Waals surface area contributed by atoms with Gasteiger partial charge in [-0.3, -0.25) is 9.59 Å². The smallest absolute Gasteiger partial charge is 0.217 e. The number of nitrogens with two attached hydrogens (primary N) is 1. The molecule has 0 aromatic rings. The Hall–Kier alpha value is -0.470. The van der Waals surface area contributed by atoms with Crippen LogP contribution < -0.4 is 11.1 Å². The van der Waals surface area contributed by atoms with E-state index < -0.39 is 0 Å². The normalized spacial score (nSPS) is 12.5. The minimum absolute atomic E-state index is 0.0868. The largest absolute Gasteiger partial charge is 0.370 e. The van der Waals surface area contributed by atoms with Crippen LogP contribution in [0.3, 0.4) is 0 Å². The summed E-state index contributed by atoms with van der Waals surface area (Å²) in [5.41, 5.74) is 4.95. The van der Waals surface area contributed by atoms with Crippen LogP contribution in [0, 0.1) is 0 Å². The van der Waals surface area contributed by atoms with E-state index in [-0.39, 0.29) is 24.2 Å². The highest BCUT2D eigenvalue weighted by Gasteiger charge is 2.14. The highest BCUT2D eigenvalue weighted by Crippen LogP contribution is 1.99. The van der Waals surface area contributed by atoms with E-state index in [2.05, 4.69) is 14.6 Å². The van der Waals surface area contributed by atoms with Gasteiger partial charge in [0.05, 0.1) is 6.04 Å². The molecule has 0 bridgehead atoms. The molecule has 0 aliphatic heterocycles. The number of likely N-dealkylation sites (N-methyl/N-ethyl adjacent to an activating group) is 1.